The maximum atomic E-state index is 15.8. The van der Waals surface area contributed by atoms with Crippen LogP contribution in [-0.4, -0.2) is 114 Å². The fraction of sp³-hybridized carbons (Fsp3) is 0.528. The van der Waals surface area contributed by atoms with Crippen molar-refractivity contribution in [3.63, 3.8) is 0 Å². The van der Waals surface area contributed by atoms with E-state index in [0.717, 1.165) is 44.7 Å². The Labute approximate surface area is 304 Å². The van der Waals surface area contributed by atoms with Crippen LogP contribution >= 0.6 is 11.6 Å². The molecule has 2 atom stereocenters. The monoisotopic (exact) mass is 748 g/mol. The molecule has 16 heteroatoms. The van der Waals surface area contributed by atoms with Crippen LogP contribution in [0.2, 0.25) is 5.02 Å². The molecule has 280 valence electrons. The molecule has 0 saturated carbocycles. The molecule has 2 aromatic heterocycles. The summed E-state index contributed by atoms with van der Waals surface area (Å²) in [6.45, 7) is 7.75. The van der Waals surface area contributed by atoms with Crippen LogP contribution in [0.5, 0.6) is 6.01 Å². The van der Waals surface area contributed by atoms with E-state index < -0.39 is 40.0 Å². The molecular formula is C36H42ClF5N8O2. The lowest BCUT2D eigenvalue weighted by molar-refractivity contribution is -0.137. The summed E-state index contributed by atoms with van der Waals surface area (Å²) < 4.78 is 74.9. The largest absolute Gasteiger partial charge is 0.467 e. The minimum Gasteiger partial charge on any atom is -0.467 e. The molecule has 4 aliphatic heterocycles. The van der Waals surface area contributed by atoms with Gasteiger partial charge in [0.2, 0.25) is 5.91 Å². The van der Waals surface area contributed by atoms with E-state index in [-0.39, 0.29) is 22.8 Å². The SMILES string of the molecule is CC#N.COc1nc(N2CCN(C(=O)/C=C/CN3CCCC3)CC2)c2cnc(-c3cccc(Cl)c3C(F)(F)F)c(F)c2n1.FC1CC2CCCN2C1. The molecule has 4 aliphatic rings. The number of amides is 1. The van der Waals surface area contributed by atoms with Crippen LogP contribution in [0.25, 0.3) is 22.2 Å². The van der Waals surface area contributed by atoms with Crippen molar-refractivity contribution >= 4 is 34.2 Å². The van der Waals surface area contributed by atoms with Crippen LogP contribution in [-0.2, 0) is 11.0 Å². The lowest BCUT2D eigenvalue weighted by Gasteiger charge is -2.35. The number of ether oxygens (including phenoxy) is 1. The fourth-order valence-electron chi connectivity index (χ4n) is 7.09. The van der Waals surface area contributed by atoms with Crippen molar-refractivity contribution in [3.05, 3.63) is 53.0 Å². The van der Waals surface area contributed by atoms with Gasteiger partial charge < -0.3 is 14.5 Å². The molecule has 0 bridgehead atoms. The predicted octanol–water partition coefficient (Wildman–Crippen LogP) is 6.53. The number of likely N-dealkylation sites (tertiary alicyclic amines) is 1. The van der Waals surface area contributed by atoms with Gasteiger partial charge in [-0.3, -0.25) is 19.6 Å². The van der Waals surface area contributed by atoms with E-state index in [0.29, 0.717) is 44.6 Å². The molecule has 1 amide bonds. The van der Waals surface area contributed by atoms with Gasteiger partial charge in [-0.1, -0.05) is 29.8 Å². The number of nitriles is 1. The molecular weight excluding hydrogens is 707 g/mol. The van der Waals surface area contributed by atoms with Crippen LogP contribution in [0.15, 0.2) is 36.5 Å². The Hall–Kier alpha value is -4.13. The summed E-state index contributed by atoms with van der Waals surface area (Å²) in [6, 6.07) is 5.71. The smallest absolute Gasteiger partial charge is 0.418 e. The molecule has 52 heavy (non-hydrogen) atoms. The number of hydrogen-bond acceptors (Lipinski definition) is 9. The third-order valence-corrected chi connectivity index (χ3v) is 9.87. The molecule has 0 aliphatic carbocycles. The van der Waals surface area contributed by atoms with Crippen molar-refractivity contribution in [2.45, 2.75) is 57.4 Å². The molecule has 7 rings (SSSR count). The van der Waals surface area contributed by atoms with Gasteiger partial charge in [-0.15, -0.1) is 0 Å². The second kappa shape index (κ2) is 17.6. The lowest BCUT2D eigenvalue weighted by atomic mass is 10.0. The zero-order valence-electron chi connectivity index (χ0n) is 29.2. The third-order valence-electron chi connectivity index (χ3n) is 9.55. The van der Waals surface area contributed by atoms with Crippen LogP contribution < -0.4 is 9.64 Å². The minimum absolute atomic E-state index is 0.0803. The van der Waals surface area contributed by atoms with Gasteiger partial charge in [0.25, 0.3) is 0 Å². The number of pyridine rings is 1. The Kier molecular flexibility index (Phi) is 13.2. The Morgan fingerprint density at radius 1 is 1.10 bits per heavy atom. The number of benzene rings is 1. The summed E-state index contributed by atoms with van der Waals surface area (Å²) in [7, 11) is 1.31. The highest BCUT2D eigenvalue weighted by Crippen LogP contribution is 2.42. The highest BCUT2D eigenvalue weighted by molar-refractivity contribution is 6.31. The molecule has 0 radical (unpaired) electrons. The van der Waals surface area contributed by atoms with Crippen molar-refractivity contribution in [3.8, 4) is 23.3 Å². The molecule has 10 nitrogen and oxygen atoms in total. The van der Waals surface area contributed by atoms with Crippen molar-refractivity contribution in [1.29, 1.82) is 5.26 Å². The average molecular weight is 749 g/mol. The van der Waals surface area contributed by atoms with E-state index in [1.807, 2.05) is 11.0 Å². The first-order valence-corrected chi connectivity index (χ1v) is 17.7. The highest BCUT2D eigenvalue weighted by atomic mass is 35.5. The van der Waals surface area contributed by atoms with Crippen LogP contribution in [0.4, 0.5) is 27.8 Å². The summed E-state index contributed by atoms with van der Waals surface area (Å²) in [5.41, 5.74) is -2.45. The molecule has 0 N–H and O–H groups in total. The number of fused-ring (bicyclic) bond motifs is 2. The molecule has 3 aromatic rings. The van der Waals surface area contributed by atoms with E-state index in [4.69, 9.17) is 21.6 Å². The van der Waals surface area contributed by atoms with Crippen LogP contribution in [0, 0.1) is 17.1 Å². The van der Waals surface area contributed by atoms with Gasteiger partial charge in [-0.05, 0) is 57.8 Å². The predicted molar refractivity (Wildman–Crippen MR) is 188 cm³/mol. The number of aromatic nitrogens is 3. The molecule has 4 saturated heterocycles. The quantitative estimate of drug-likeness (QED) is 0.206. The number of methoxy groups -OCH3 is 1. The highest BCUT2D eigenvalue weighted by Gasteiger charge is 2.38. The van der Waals surface area contributed by atoms with Gasteiger partial charge in [0.15, 0.2) is 5.82 Å². The van der Waals surface area contributed by atoms with Gasteiger partial charge in [0.05, 0.1) is 29.2 Å². The number of nitrogens with zero attached hydrogens (tertiary/aromatic N) is 8. The minimum atomic E-state index is -4.83. The first kappa shape index (κ1) is 39.1. The van der Waals surface area contributed by atoms with E-state index in [1.54, 1.807) is 17.0 Å². The maximum absolute atomic E-state index is 15.8. The van der Waals surface area contributed by atoms with E-state index in [1.165, 1.54) is 52.0 Å². The first-order chi connectivity index (χ1) is 24.9. The van der Waals surface area contributed by atoms with Gasteiger partial charge in [-0.25, -0.2) is 8.78 Å². The van der Waals surface area contributed by atoms with Gasteiger partial charge in [0, 0.05) is 70.1 Å². The van der Waals surface area contributed by atoms with Gasteiger partial charge in [0.1, 0.15) is 23.2 Å². The molecule has 0 spiro atoms. The maximum Gasteiger partial charge on any atom is 0.418 e. The molecule has 6 heterocycles. The summed E-state index contributed by atoms with van der Waals surface area (Å²) in [5, 5.41) is 6.97. The van der Waals surface area contributed by atoms with Crippen LogP contribution in [0.1, 0.15) is 44.6 Å². The first-order valence-electron chi connectivity index (χ1n) is 17.3. The number of piperazine rings is 1. The average Bonchev–Trinajstić information content (AvgIpc) is 3.87. The Morgan fingerprint density at radius 3 is 2.46 bits per heavy atom. The van der Waals surface area contributed by atoms with Crippen molar-refractivity contribution < 1.29 is 31.5 Å². The lowest BCUT2D eigenvalue weighted by Crippen LogP contribution is -2.48. The number of rotatable bonds is 6. The molecule has 1 aromatic carbocycles. The second-order valence-corrected chi connectivity index (χ2v) is 13.4. The number of carbonyl (C=O) groups is 1. The normalized spacial score (nSPS) is 20.7. The Balaban J connectivity index is 0.000000368. The van der Waals surface area contributed by atoms with Crippen molar-refractivity contribution in [2.24, 2.45) is 0 Å². The molecule has 4 fully saturated rings. The number of halogens is 6. The number of carbonyl (C=O) groups excluding carboxylic acids is 1. The number of hydrogen-bond donors (Lipinski definition) is 0. The number of anilines is 1. The second-order valence-electron chi connectivity index (χ2n) is 12.9. The topological polar surface area (TPSA) is 102 Å². The van der Waals surface area contributed by atoms with E-state index in [9.17, 15) is 22.4 Å². The zero-order valence-corrected chi connectivity index (χ0v) is 29.9. The Morgan fingerprint density at radius 2 is 1.81 bits per heavy atom. The fourth-order valence-corrected chi connectivity index (χ4v) is 7.37. The summed E-state index contributed by atoms with van der Waals surface area (Å²) in [5.74, 6) is -0.814. The van der Waals surface area contributed by atoms with Gasteiger partial charge >= 0.3 is 12.2 Å². The van der Waals surface area contributed by atoms with Crippen molar-refractivity contribution in [2.75, 3.05) is 70.9 Å². The van der Waals surface area contributed by atoms with Crippen LogP contribution in [0.3, 0.4) is 0 Å². The summed E-state index contributed by atoms with van der Waals surface area (Å²) >= 11 is 5.84. The van der Waals surface area contributed by atoms with Crippen molar-refractivity contribution in [1.82, 2.24) is 29.7 Å². The standard InChI is InChI=1S/C27H27ClF4N6O2.C7H12FN.C2H3N/c1-40-26-34-24-18(16-33-23(22(24)29)17-6-4-7-19(28)21(17)27(30,31)32)25(35-26)38-14-12-37(13-15-38)20(39)8-5-11-36-9-2-3-10-36;8-6-4-7-2-1-3-9(7)5-6;1-2-3/h4-8,16H,2-3,9-15H2,1H3;6-7H,1-5H2;1H3/b8-5+;;. The molecule has 2 unspecified atom stereocenters. The summed E-state index contributed by atoms with van der Waals surface area (Å²) in [4.78, 5) is 33.4. The third kappa shape index (κ3) is 9.26. The summed E-state index contributed by atoms with van der Waals surface area (Å²) in [6.07, 6.45) is 5.09. The van der Waals surface area contributed by atoms with E-state index in [2.05, 4.69) is 24.8 Å². The zero-order chi connectivity index (χ0) is 37.4. The van der Waals surface area contributed by atoms with Gasteiger partial charge in [-0.2, -0.15) is 28.4 Å². The Bertz CT molecular complexity index is 1760. The van der Waals surface area contributed by atoms with E-state index >= 15 is 4.39 Å². The number of alkyl halides is 4.